The predicted octanol–water partition coefficient (Wildman–Crippen LogP) is -0.366. The second kappa shape index (κ2) is 11.9. The van der Waals surface area contributed by atoms with Crippen LogP contribution in [0.2, 0.25) is 10.0 Å². The summed E-state index contributed by atoms with van der Waals surface area (Å²) in [5.74, 6) is -2.49. The van der Waals surface area contributed by atoms with E-state index in [4.69, 9.17) is 23.2 Å². The molecule has 11 heteroatoms. The first kappa shape index (κ1) is 27.9. The minimum absolute atomic E-state index is 0. The Labute approximate surface area is 228 Å². The van der Waals surface area contributed by atoms with Gasteiger partial charge in [-0.25, -0.2) is 4.79 Å². The summed E-state index contributed by atoms with van der Waals surface area (Å²) in [6.45, 7) is 1.31. The Morgan fingerprint density at radius 1 is 1.15 bits per heavy atom. The van der Waals surface area contributed by atoms with E-state index in [-0.39, 0.29) is 41.8 Å². The van der Waals surface area contributed by atoms with Gasteiger partial charge in [-0.1, -0.05) is 47.5 Å². The number of aliphatic carboxylic acids is 1. The molecule has 0 fully saturated rings. The van der Waals surface area contributed by atoms with Crippen molar-refractivity contribution >= 4 is 52.6 Å². The Hall–Kier alpha value is -2.36. The number of halogens is 2. The van der Waals surface area contributed by atoms with Gasteiger partial charge in [0.25, 0.3) is 5.91 Å². The molecule has 1 unspecified atom stereocenters. The van der Waals surface area contributed by atoms with Gasteiger partial charge in [0.05, 0.1) is 10.0 Å². The number of nitrogens with zero attached hydrogens (tertiary/aromatic N) is 2. The third-order valence-corrected chi connectivity index (χ3v) is 5.89. The number of carboxylic acids is 1. The number of ketones is 1. The molecule has 1 aliphatic heterocycles. The van der Waals surface area contributed by atoms with Gasteiger partial charge in [0, 0.05) is 49.0 Å². The van der Waals surface area contributed by atoms with Crippen LogP contribution in [0.1, 0.15) is 13.3 Å². The summed E-state index contributed by atoms with van der Waals surface area (Å²) in [4.78, 5) is 52.0. The van der Waals surface area contributed by atoms with Crippen molar-refractivity contribution in [3.05, 3.63) is 64.3 Å². The zero-order chi connectivity index (χ0) is 24.3. The number of amides is 3. The summed E-state index contributed by atoms with van der Waals surface area (Å²) >= 11 is 12.5. The molecule has 1 heterocycles. The number of benzene rings is 2. The minimum atomic E-state index is -1.46. The van der Waals surface area contributed by atoms with Crippen LogP contribution in [0.4, 0.5) is 10.5 Å². The maximum absolute atomic E-state index is 13.1. The fourth-order valence-corrected chi connectivity index (χ4v) is 3.87. The van der Waals surface area contributed by atoms with Crippen LogP contribution in [0.25, 0.3) is 11.1 Å². The molecule has 0 saturated carbocycles. The van der Waals surface area contributed by atoms with E-state index in [0.29, 0.717) is 26.7 Å². The number of Topliss-reactive ketones (excluding diaryl/α,β-unsaturated/α-hetero) is 1. The Morgan fingerprint density at radius 2 is 1.82 bits per heavy atom. The molecule has 1 aliphatic rings. The summed E-state index contributed by atoms with van der Waals surface area (Å²) in [7, 11) is 1.49. The Balaban J connectivity index is 0.00000408. The van der Waals surface area contributed by atoms with Gasteiger partial charge in [0.15, 0.2) is 11.8 Å². The van der Waals surface area contributed by atoms with Gasteiger partial charge in [-0.15, -0.1) is 0 Å². The van der Waals surface area contributed by atoms with Crippen LogP contribution in [-0.2, 0) is 14.4 Å². The molecule has 2 aromatic rings. The third-order valence-electron chi connectivity index (χ3n) is 5.08. The maximum atomic E-state index is 13.1. The van der Waals surface area contributed by atoms with Crippen molar-refractivity contribution in [2.45, 2.75) is 19.4 Å². The van der Waals surface area contributed by atoms with Crippen molar-refractivity contribution in [1.82, 2.24) is 10.2 Å². The van der Waals surface area contributed by atoms with Gasteiger partial charge < -0.3 is 20.1 Å². The zero-order valence-electron chi connectivity index (χ0n) is 18.8. The molecule has 0 aromatic heterocycles. The summed E-state index contributed by atoms with van der Waals surface area (Å²) in [5.41, 5.74) is 1.73. The molecule has 0 spiro atoms. The average molecular weight is 512 g/mol. The number of urea groups is 1. The van der Waals surface area contributed by atoms with E-state index in [1.165, 1.54) is 18.1 Å². The van der Waals surface area contributed by atoms with E-state index in [9.17, 15) is 24.3 Å². The van der Waals surface area contributed by atoms with Gasteiger partial charge in [0.1, 0.15) is 0 Å². The average Bonchev–Trinajstić information content (AvgIpc) is 2.77. The number of hydrogen-bond acceptors (Lipinski definition) is 5. The van der Waals surface area contributed by atoms with Crippen LogP contribution in [-0.4, -0.2) is 48.2 Å². The fourth-order valence-electron chi connectivity index (χ4n) is 3.46. The number of carbonyl (C=O) groups is 4. The van der Waals surface area contributed by atoms with Gasteiger partial charge in [-0.3, -0.25) is 14.5 Å². The Kier molecular flexibility index (Phi) is 9.73. The van der Waals surface area contributed by atoms with Gasteiger partial charge in [-0.2, -0.15) is 0 Å². The smallest absolute Gasteiger partial charge is 0.550 e. The number of carboxylic acid groups (broad SMARTS) is 1. The molecule has 1 N–H and O–H groups in total. The molecule has 3 amide bonds. The van der Waals surface area contributed by atoms with Crippen LogP contribution in [0.15, 0.2) is 54.2 Å². The molecule has 2 aromatic carbocycles. The second-order valence-electron chi connectivity index (χ2n) is 7.40. The molecule has 0 saturated heterocycles. The van der Waals surface area contributed by atoms with Crippen LogP contribution in [0.3, 0.4) is 0 Å². The van der Waals surface area contributed by atoms with Gasteiger partial charge in [0.2, 0.25) is 0 Å². The van der Waals surface area contributed by atoms with Crippen molar-refractivity contribution in [3.8, 4) is 11.1 Å². The first-order valence-electron chi connectivity index (χ1n) is 9.92. The number of nitrogens with one attached hydrogen (secondary N) is 1. The van der Waals surface area contributed by atoms with E-state index in [0.717, 1.165) is 4.90 Å². The van der Waals surface area contributed by atoms with Crippen LogP contribution >= 0.6 is 23.2 Å². The summed E-state index contributed by atoms with van der Waals surface area (Å²) < 4.78 is 0. The van der Waals surface area contributed by atoms with Gasteiger partial charge in [-0.05, 0) is 30.7 Å². The second-order valence-corrected chi connectivity index (χ2v) is 8.19. The first-order chi connectivity index (χ1) is 15.6. The number of anilines is 1. The molecular formula is C23H20Cl2N3NaO5. The number of rotatable bonds is 6. The maximum Gasteiger partial charge on any atom is 1.00 e. The monoisotopic (exact) mass is 511 g/mol. The summed E-state index contributed by atoms with van der Waals surface area (Å²) in [6, 6.07) is 9.39. The van der Waals surface area contributed by atoms with E-state index in [1.807, 2.05) is 0 Å². The SMILES string of the molecule is CC1=CN(C)C(=O)C(N(C(=O)NCCC(=O)[O-])c2cccc(-c3cccc(Cl)c3Cl)c2)C1=O.[Na+]. The number of likely N-dealkylation sites (N-methyl/N-ethyl adjacent to an activating group) is 1. The Bertz CT molecular complexity index is 1170. The van der Waals surface area contributed by atoms with Crippen LogP contribution < -0.4 is 44.9 Å². The van der Waals surface area contributed by atoms with E-state index in [2.05, 4.69) is 5.32 Å². The minimum Gasteiger partial charge on any atom is -0.550 e. The molecule has 1 atom stereocenters. The summed E-state index contributed by atoms with van der Waals surface area (Å²) in [6.07, 6.45) is 0.971. The van der Waals surface area contributed by atoms with E-state index in [1.54, 1.807) is 49.4 Å². The van der Waals surface area contributed by atoms with Crippen molar-refractivity contribution in [3.63, 3.8) is 0 Å². The van der Waals surface area contributed by atoms with Crippen molar-refractivity contribution in [2.75, 3.05) is 18.5 Å². The first-order valence-corrected chi connectivity index (χ1v) is 10.7. The molecule has 34 heavy (non-hydrogen) atoms. The topological polar surface area (TPSA) is 110 Å². The van der Waals surface area contributed by atoms with Crippen molar-refractivity contribution < 1.29 is 53.8 Å². The normalized spacial score (nSPS) is 15.4. The number of carbonyl (C=O) groups excluding carboxylic acids is 4. The van der Waals surface area contributed by atoms with Crippen molar-refractivity contribution in [1.29, 1.82) is 0 Å². The van der Waals surface area contributed by atoms with Gasteiger partial charge >= 0.3 is 35.6 Å². The number of hydrogen-bond donors (Lipinski definition) is 1. The predicted molar refractivity (Wildman–Crippen MR) is 123 cm³/mol. The van der Waals surface area contributed by atoms with Crippen LogP contribution in [0.5, 0.6) is 0 Å². The van der Waals surface area contributed by atoms with Crippen molar-refractivity contribution in [2.24, 2.45) is 0 Å². The zero-order valence-corrected chi connectivity index (χ0v) is 22.3. The molecule has 0 radical (unpaired) electrons. The standard InChI is InChI=1S/C23H21Cl2N3O5.Na/c1-13-12-27(2)22(32)20(21(13)31)28(23(33)26-10-9-18(29)30)15-6-3-5-14(11-15)16-7-4-8-17(24)19(16)25;/h3-8,11-12,20H,9-10H2,1-2H3,(H,26,33)(H,29,30);/q;+1/p-1. The molecule has 3 rings (SSSR count). The quantitative estimate of drug-likeness (QED) is 0.420. The molecule has 8 nitrogen and oxygen atoms in total. The molecule has 172 valence electrons. The molecule has 0 bridgehead atoms. The van der Waals surface area contributed by atoms with Crippen LogP contribution in [0, 0.1) is 0 Å². The third kappa shape index (κ3) is 6.00. The van der Waals surface area contributed by atoms with E-state index < -0.39 is 36.2 Å². The molecule has 0 aliphatic carbocycles. The summed E-state index contributed by atoms with van der Waals surface area (Å²) in [5, 5.41) is 13.8. The molecular weight excluding hydrogens is 492 g/mol. The Morgan fingerprint density at radius 3 is 2.50 bits per heavy atom. The fraction of sp³-hybridized carbons (Fsp3) is 0.217. The largest absolute Gasteiger partial charge is 1.00 e. The van der Waals surface area contributed by atoms with E-state index >= 15 is 0 Å².